The van der Waals surface area contributed by atoms with Crippen molar-refractivity contribution in [3.63, 3.8) is 0 Å². The highest BCUT2D eigenvalue weighted by atomic mass is 16.4. The molecule has 0 unspecified atom stereocenters. The lowest BCUT2D eigenvalue weighted by Gasteiger charge is -2.00. The molecule has 1 heterocycles. The number of rotatable bonds is 3. The van der Waals surface area contributed by atoms with E-state index in [-0.39, 0.29) is 5.56 Å². The second-order valence-electron chi connectivity index (χ2n) is 2.60. The van der Waals surface area contributed by atoms with Crippen LogP contribution in [0.4, 0.5) is 0 Å². The summed E-state index contributed by atoms with van der Waals surface area (Å²) in [7, 11) is 0. The Labute approximate surface area is 80.0 Å². The number of nitrogens with one attached hydrogen (secondary N) is 1. The number of aryl methyl sites for hydroxylation is 1. The second kappa shape index (κ2) is 4.31. The highest BCUT2D eigenvalue weighted by Crippen LogP contribution is 1.94. The minimum absolute atomic E-state index is 0.247. The number of carboxylic acids is 1. The van der Waals surface area contributed by atoms with E-state index in [4.69, 9.17) is 5.11 Å². The van der Waals surface area contributed by atoms with Crippen LogP contribution in [0, 0.1) is 6.92 Å². The molecule has 0 saturated heterocycles. The molecular weight excluding hydrogens is 186 g/mol. The summed E-state index contributed by atoms with van der Waals surface area (Å²) in [6.07, 6.45) is 2.69. The molecule has 1 aromatic heterocycles. The van der Waals surface area contributed by atoms with E-state index in [1.165, 1.54) is 12.4 Å². The highest BCUT2D eigenvalue weighted by molar-refractivity contribution is 5.95. The molecule has 74 valence electrons. The predicted molar refractivity (Wildman–Crippen MR) is 46.7 cm³/mol. The van der Waals surface area contributed by atoms with Crippen LogP contribution in [-0.4, -0.2) is 33.5 Å². The summed E-state index contributed by atoms with van der Waals surface area (Å²) in [5.74, 6) is -1.03. The van der Waals surface area contributed by atoms with Crippen molar-refractivity contribution in [2.75, 3.05) is 6.54 Å². The summed E-state index contributed by atoms with van der Waals surface area (Å²) in [5, 5.41) is 10.5. The molecule has 1 rings (SSSR count). The third-order valence-corrected chi connectivity index (χ3v) is 1.44. The molecule has 0 bridgehead atoms. The number of nitrogens with zero attached hydrogens (tertiary/aromatic N) is 2. The van der Waals surface area contributed by atoms with Crippen LogP contribution in [0.1, 0.15) is 16.2 Å². The van der Waals surface area contributed by atoms with E-state index in [0.717, 1.165) is 0 Å². The molecule has 6 heteroatoms. The van der Waals surface area contributed by atoms with Gasteiger partial charge in [-0.2, -0.15) is 0 Å². The van der Waals surface area contributed by atoms with E-state index in [9.17, 15) is 9.59 Å². The van der Waals surface area contributed by atoms with Crippen molar-refractivity contribution in [3.05, 3.63) is 23.8 Å². The third kappa shape index (κ3) is 2.81. The number of hydrogen-bond acceptors (Lipinski definition) is 4. The topological polar surface area (TPSA) is 92.2 Å². The Bertz CT molecular complexity index is 347. The molecule has 1 aromatic rings. The Hall–Kier alpha value is -1.98. The van der Waals surface area contributed by atoms with Crippen molar-refractivity contribution in [1.82, 2.24) is 15.3 Å². The van der Waals surface area contributed by atoms with E-state index in [2.05, 4.69) is 15.3 Å². The Morgan fingerprint density at radius 1 is 1.43 bits per heavy atom. The lowest BCUT2D eigenvalue weighted by Crippen LogP contribution is -2.29. The fraction of sp³-hybridized carbons (Fsp3) is 0.250. The first-order valence-electron chi connectivity index (χ1n) is 3.88. The molecule has 0 aliphatic rings. The molecule has 2 N–H and O–H groups in total. The van der Waals surface area contributed by atoms with Gasteiger partial charge in [0.05, 0.1) is 5.56 Å². The molecule has 0 spiro atoms. The average molecular weight is 195 g/mol. The van der Waals surface area contributed by atoms with Crippen molar-refractivity contribution < 1.29 is 14.7 Å². The van der Waals surface area contributed by atoms with Crippen LogP contribution in [0.3, 0.4) is 0 Å². The van der Waals surface area contributed by atoms with Gasteiger partial charge in [-0.3, -0.25) is 9.59 Å². The van der Waals surface area contributed by atoms with Crippen LogP contribution < -0.4 is 5.32 Å². The van der Waals surface area contributed by atoms with Crippen LogP contribution in [0.25, 0.3) is 0 Å². The van der Waals surface area contributed by atoms with Crippen molar-refractivity contribution in [2.45, 2.75) is 6.92 Å². The maximum absolute atomic E-state index is 11.2. The number of aliphatic carboxylic acids is 1. The van der Waals surface area contributed by atoms with Gasteiger partial charge in [-0.25, -0.2) is 9.97 Å². The minimum Gasteiger partial charge on any atom is -0.480 e. The lowest BCUT2D eigenvalue weighted by atomic mass is 10.3. The fourth-order valence-electron chi connectivity index (χ4n) is 0.768. The Balaban J connectivity index is 2.61. The molecule has 14 heavy (non-hydrogen) atoms. The molecule has 0 radical (unpaired) electrons. The molecule has 0 saturated carbocycles. The molecule has 0 fully saturated rings. The van der Waals surface area contributed by atoms with Gasteiger partial charge in [-0.15, -0.1) is 0 Å². The monoisotopic (exact) mass is 195 g/mol. The van der Waals surface area contributed by atoms with Crippen LogP contribution in [0.15, 0.2) is 12.4 Å². The number of carbonyl (C=O) groups is 2. The zero-order valence-corrected chi connectivity index (χ0v) is 7.52. The number of carbonyl (C=O) groups excluding carboxylic acids is 1. The quantitative estimate of drug-likeness (QED) is 0.684. The first kappa shape index (κ1) is 10.1. The predicted octanol–water partition coefficient (Wildman–Crippen LogP) is -0.401. The number of aromatic nitrogens is 2. The summed E-state index contributed by atoms with van der Waals surface area (Å²) < 4.78 is 0. The van der Waals surface area contributed by atoms with Gasteiger partial charge >= 0.3 is 5.97 Å². The number of amides is 1. The molecule has 0 atom stereocenters. The zero-order valence-electron chi connectivity index (χ0n) is 7.52. The Kier molecular flexibility index (Phi) is 3.11. The van der Waals surface area contributed by atoms with Crippen LogP contribution >= 0.6 is 0 Å². The van der Waals surface area contributed by atoms with Gasteiger partial charge in [0.15, 0.2) is 0 Å². The van der Waals surface area contributed by atoms with E-state index < -0.39 is 18.4 Å². The summed E-state index contributed by atoms with van der Waals surface area (Å²) >= 11 is 0. The van der Waals surface area contributed by atoms with Crippen LogP contribution in [0.5, 0.6) is 0 Å². The van der Waals surface area contributed by atoms with Gasteiger partial charge in [-0.05, 0) is 6.92 Å². The summed E-state index contributed by atoms with van der Waals surface area (Å²) in [4.78, 5) is 29.0. The van der Waals surface area contributed by atoms with Gasteiger partial charge < -0.3 is 10.4 Å². The Morgan fingerprint density at radius 2 is 2.00 bits per heavy atom. The third-order valence-electron chi connectivity index (χ3n) is 1.44. The maximum Gasteiger partial charge on any atom is 0.322 e. The SMILES string of the molecule is Cc1ncc(C(=O)NCC(=O)O)cn1. The largest absolute Gasteiger partial charge is 0.480 e. The average Bonchev–Trinajstić information content (AvgIpc) is 2.15. The molecule has 0 aromatic carbocycles. The smallest absolute Gasteiger partial charge is 0.322 e. The molecule has 6 nitrogen and oxygen atoms in total. The number of carboxylic acid groups (broad SMARTS) is 1. The van der Waals surface area contributed by atoms with Crippen molar-refractivity contribution in [1.29, 1.82) is 0 Å². The van der Waals surface area contributed by atoms with Crippen molar-refractivity contribution in [2.24, 2.45) is 0 Å². The van der Waals surface area contributed by atoms with Gasteiger partial charge in [0, 0.05) is 12.4 Å². The van der Waals surface area contributed by atoms with Crippen LogP contribution in [0.2, 0.25) is 0 Å². The molecule has 1 amide bonds. The van der Waals surface area contributed by atoms with Gasteiger partial charge in [0.25, 0.3) is 5.91 Å². The maximum atomic E-state index is 11.2. The van der Waals surface area contributed by atoms with E-state index in [0.29, 0.717) is 5.82 Å². The van der Waals surface area contributed by atoms with Gasteiger partial charge in [-0.1, -0.05) is 0 Å². The molecule has 0 aliphatic heterocycles. The standard InChI is InChI=1S/C8H9N3O3/c1-5-9-2-6(3-10-5)8(14)11-4-7(12)13/h2-3H,4H2,1H3,(H,11,14)(H,12,13). The summed E-state index contributed by atoms with van der Waals surface area (Å²) in [6.45, 7) is 1.28. The van der Waals surface area contributed by atoms with E-state index in [1.54, 1.807) is 6.92 Å². The fourth-order valence-corrected chi connectivity index (χ4v) is 0.768. The van der Waals surface area contributed by atoms with Gasteiger partial charge in [0.2, 0.25) is 0 Å². The molecule has 0 aliphatic carbocycles. The lowest BCUT2D eigenvalue weighted by molar-refractivity contribution is -0.135. The van der Waals surface area contributed by atoms with E-state index >= 15 is 0 Å². The summed E-state index contributed by atoms with van der Waals surface area (Å²) in [5.41, 5.74) is 0.247. The zero-order chi connectivity index (χ0) is 10.6. The molecular formula is C8H9N3O3. The minimum atomic E-state index is -1.09. The normalized spacial score (nSPS) is 9.50. The number of hydrogen-bond donors (Lipinski definition) is 2. The summed E-state index contributed by atoms with van der Waals surface area (Å²) in [6, 6.07) is 0. The second-order valence-corrected chi connectivity index (χ2v) is 2.60. The van der Waals surface area contributed by atoms with Crippen LogP contribution in [-0.2, 0) is 4.79 Å². The van der Waals surface area contributed by atoms with Crippen molar-refractivity contribution in [3.8, 4) is 0 Å². The van der Waals surface area contributed by atoms with E-state index in [1.807, 2.05) is 0 Å². The first-order valence-corrected chi connectivity index (χ1v) is 3.88. The Morgan fingerprint density at radius 3 is 2.50 bits per heavy atom. The first-order chi connectivity index (χ1) is 6.59. The van der Waals surface area contributed by atoms with Gasteiger partial charge in [0.1, 0.15) is 12.4 Å². The van der Waals surface area contributed by atoms with Crippen molar-refractivity contribution >= 4 is 11.9 Å². The highest BCUT2D eigenvalue weighted by Gasteiger charge is 2.07.